The minimum atomic E-state index is 0.00245. The number of benzene rings is 1. The van der Waals surface area contributed by atoms with E-state index in [9.17, 15) is 4.79 Å². The maximum atomic E-state index is 12.0. The average Bonchev–Trinajstić information content (AvgIpc) is 3.05. The van der Waals surface area contributed by atoms with Gasteiger partial charge in [0.1, 0.15) is 0 Å². The van der Waals surface area contributed by atoms with Gasteiger partial charge in [0.25, 0.3) is 5.91 Å². The first-order valence-corrected chi connectivity index (χ1v) is 8.23. The number of amides is 1. The molecule has 112 valence electrons. The minimum absolute atomic E-state index is 0.00245. The van der Waals surface area contributed by atoms with E-state index in [0.717, 1.165) is 24.5 Å². The lowest BCUT2D eigenvalue weighted by Crippen LogP contribution is -2.25. The number of rotatable bonds is 7. The van der Waals surface area contributed by atoms with E-state index < -0.39 is 0 Å². The van der Waals surface area contributed by atoms with Gasteiger partial charge < -0.3 is 5.32 Å². The van der Waals surface area contributed by atoms with Crippen molar-refractivity contribution in [2.24, 2.45) is 0 Å². The van der Waals surface area contributed by atoms with Gasteiger partial charge in [-0.25, -0.2) is 0 Å². The maximum Gasteiger partial charge on any atom is 0.261 e. The Morgan fingerprint density at radius 1 is 1.10 bits per heavy atom. The monoisotopic (exact) mass is 302 g/mol. The van der Waals surface area contributed by atoms with Crippen molar-refractivity contribution in [1.29, 1.82) is 0 Å². The van der Waals surface area contributed by atoms with Crippen molar-refractivity contribution in [3.63, 3.8) is 0 Å². The molecule has 0 aliphatic rings. The molecule has 1 amide bonds. The van der Waals surface area contributed by atoms with E-state index in [0.29, 0.717) is 6.54 Å². The molecule has 0 spiro atoms. The summed E-state index contributed by atoms with van der Waals surface area (Å²) in [6.07, 6.45) is 0. The molecule has 1 N–H and O–H groups in total. The first-order chi connectivity index (χ1) is 10.2. The molecule has 1 aromatic heterocycles. The van der Waals surface area contributed by atoms with Crippen LogP contribution in [0.15, 0.2) is 41.8 Å². The van der Waals surface area contributed by atoms with Gasteiger partial charge in [0, 0.05) is 13.1 Å². The van der Waals surface area contributed by atoms with Gasteiger partial charge in [-0.1, -0.05) is 44.2 Å². The van der Waals surface area contributed by atoms with E-state index in [2.05, 4.69) is 42.3 Å². The third kappa shape index (κ3) is 4.41. The van der Waals surface area contributed by atoms with Crippen molar-refractivity contribution in [2.45, 2.75) is 26.9 Å². The van der Waals surface area contributed by atoms with Crippen LogP contribution in [0, 0.1) is 0 Å². The first kappa shape index (κ1) is 15.7. The molecule has 3 nitrogen and oxygen atoms in total. The normalized spacial score (nSPS) is 10.8. The zero-order chi connectivity index (χ0) is 15.1. The number of carbonyl (C=O) groups is 1. The van der Waals surface area contributed by atoms with Crippen molar-refractivity contribution < 1.29 is 4.79 Å². The van der Waals surface area contributed by atoms with E-state index >= 15 is 0 Å². The van der Waals surface area contributed by atoms with Crippen LogP contribution >= 0.6 is 11.3 Å². The molecule has 0 aliphatic heterocycles. The van der Waals surface area contributed by atoms with Crippen LogP contribution in [0.5, 0.6) is 0 Å². The summed E-state index contributed by atoms with van der Waals surface area (Å²) in [4.78, 5) is 15.1. The van der Waals surface area contributed by atoms with Gasteiger partial charge >= 0.3 is 0 Å². The molecule has 4 heteroatoms. The largest absolute Gasteiger partial charge is 0.347 e. The highest BCUT2D eigenvalue weighted by Crippen LogP contribution is 2.13. The molecule has 1 heterocycles. The van der Waals surface area contributed by atoms with Crippen molar-refractivity contribution in [2.75, 3.05) is 13.1 Å². The number of hydrogen-bond donors (Lipinski definition) is 1. The summed E-state index contributed by atoms with van der Waals surface area (Å²) >= 11 is 1.47. The molecule has 0 atom stereocenters. The van der Waals surface area contributed by atoms with Gasteiger partial charge in [0.15, 0.2) is 0 Å². The van der Waals surface area contributed by atoms with Crippen molar-refractivity contribution in [3.05, 3.63) is 57.8 Å². The molecule has 0 saturated carbocycles. The highest BCUT2D eigenvalue weighted by atomic mass is 32.1. The lowest BCUT2D eigenvalue weighted by molar-refractivity contribution is 0.0955. The topological polar surface area (TPSA) is 32.3 Å². The van der Waals surface area contributed by atoms with E-state index in [1.165, 1.54) is 22.5 Å². The second-order valence-corrected chi connectivity index (χ2v) is 5.84. The Labute approximate surface area is 130 Å². The first-order valence-electron chi connectivity index (χ1n) is 7.35. The lowest BCUT2D eigenvalue weighted by Gasteiger charge is -2.20. The molecule has 0 unspecified atom stereocenters. The molecule has 21 heavy (non-hydrogen) atoms. The van der Waals surface area contributed by atoms with Gasteiger partial charge in [0.2, 0.25) is 0 Å². The van der Waals surface area contributed by atoms with E-state index in [4.69, 9.17) is 0 Å². The summed E-state index contributed by atoms with van der Waals surface area (Å²) in [7, 11) is 0. The van der Waals surface area contributed by atoms with E-state index in [1.807, 2.05) is 23.6 Å². The SMILES string of the molecule is CCN(CC)Cc1ccccc1CNC(=O)c1cccs1. The van der Waals surface area contributed by atoms with Crippen LogP contribution in [-0.4, -0.2) is 23.9 Å². The molecule has 2 aromatic rings. The highest BCUT2D eigenvalue weighted by molar-refractivity contribution is 7.12. The van der Waals surface area contributed by atoms with Gasteiger partial charge in [-0.3, -0.25) is 9.69 Å². The second kappa shape index (κ2) is 7.96. The molecule has 2 rings (SSSR count). The van der Waals surface area contributed by atoms with Gasteiger partial charge in [-0.2, -0.15) is 0 Å². The molecule has 0 fully saturated rings. The number of carbonyl (C=O) groups excluding carboxylic acids is 1. The summed E-state index contributed by atoms with van der Waals surface area (Å²) in [6, 6.07) is 12.1. The van der Waals surface area contributed by atoms with Crippen LogP contribution in [0.1, 0.15) is 34.6 Å². The quantitative estimate of drug-likeness (QED) is 0.848. The number of hydrogen-bond acceptors (Lipinski definition) is 3. The zero-order valence-corrected chi connectivity index (χ0v) is 13.5. The van der Waals surface area contributed by atoms with E-state index in [-0.39, 0.29) is 5.91 Å². The molecule has 1 aromatic carbocycles. The zero-order valence-electron chi connectivity index (χ0n) is 12.6. The molecule has 0 saturated heterocycles. The Hall–Kier alpha value is -1.65. The van der Waals surface area contributed by atoms with Crippen LogP contribution in [0.3, 0.4) is 0 Å². The predicted molar refractivity (Wildman–Crippen MR) is 88.6 cm³/mol. The fourth-order valence-corrected chi connectivity index (χ4v) is 2.88. The molecular formula is C17H22N2OS. The summed E-state index contributed by atoms with van der Waals surface area (Å²) in [5, 5.41) is 4.92. The molecule has 0 aliphatic carbocycles. The van der Waals surface area contributed by atoms with Crippen LogP contribution in [0.2, 0.25) is 0 Å². The summed E-state index contributed by atoms with van der Waals surface area (Å²) in [5.74, 6) is 0.00245. The summed E-state index contributed by atoms with van der Waals surface area (Å²) in [6.45, 7) is 7.92. The molecular weight excluding hydrogens is 280 g/mol. The van der Waals surface area contributed by atoms with E-state index in [1.54, 1.807) is 0 Å². The predicted octanol–water partition coefficient (Wildman–Crippen LogP) is 3.52. The average molecular weight is 302 g/mol. The highest BCUT2D eigenvalue weighted by Gasteiger charge is 2.09. The summed E-state index contributed by atoms with van der Waals surface area (Å²) < 4.78 is 0. The van der Waals surface area contributed by atoms with Crippen LogP contribution in [0.25, 0.3) is 0 Å². The molecule has 0 bridgehead atoms. The minimum Gasteiger partial charge on any atom is -0.347 e. The fraction of sp³-hybridized carbons (Fsp3) is 0.353. The third-order valence-electron chi connectivity index (χ3n) is 3.59. The standard InChI is InChI=1S/C17H22N2OS/c1-3-19(4-2)13-15-9-6-5-8-14(15)12-18-17(20)16-10-7-11-21-16/h5-11H,3-4,12-13H2,1-2H3,(H,18,20). The van der Waals surface area contributed by atoms with Crippen molar-refractivity contribution in [1.82, 2.24) is 10.2 Å². The number of nitrogens with zero attached hydrogens (tertiary/aromatic N) is 1. The van der Waals surface area contributed by atoms with Gasteiger partial charge in [-0.15, -0.1) is 11.3 Å². The van der Waals surface area contributed by atoms with Crippen molar-refractivity contribution >= 4 is 17.2 Å². The van der Waals surface area contributed by atoms with Crippen LogP contribution in [0.4, 0.5) is 0 Å². The Kier molecular flexibility index (Phi) is 5.96. The Bertz CT molecular complexity index is 562. The second-order valence-electron chi connectivity index (χ2n) is 4.89. The van der Waals surface area contributed by atoms with Gasteiger partial charge in [-0.05, 0) is 35.7 Å². The lowest BCUT2D eigenvalue weighted by atomic mass is 10.1. The number of nitrogens with one attached hydrogen (secondary N) is 1. The third-order valence-corrected chi connectivity index (χ3v) is 4.46. The Morgan fingerprint density at radius 3 is 2.43 bits per heavy atom. The Balaban J connectivity index is 2.01. The van der Waals surface area contributed by atoms with Crippen LogP contribution in [-0.2, 0) is 13.1 Å². The van der Waals surface area contributed by atoms with Gasteiger partial charge in [0.05, 0.1) is 4.88 Å². The van der Waals surface area contributed by atoms with Crippen molar-refractivity contribution in [3.8, 4) is 0 Å². The van der Waals surface area contributed by atoms with Crippen LogP contribution < -0.4 is 5.32 Å². The smallest absolute Gasteiger partial charge is 0.261 e. The Morgan fingerprint density at radius 2 is 1.81 bits per heavy atom. The molecule has 0 radical (unpaired) electrons. The number of thiophene rings is 1. The summed E-state index contributed by atoms with van der Waals surface area (Å²) in [5.41, 5.74) is 2.47. The fourth-order valence-electron chi connectivity index (χ4n) is 2.24. The maximum absolute atomic E-state index is 12.0.